The Morgan fingerprint density at radius 1 is 1.10 bits per heavy atom. The van der Waals surface area contributed by atoms with E-state index in [9.17, 15) is 10.2 Å². The molecule has 0 amide bonds. The first-order valence-electron chi connectivity index (χ1n) is 7.20. The van der Waals surface area contributed by atoms with E-state index >= 15 is 0 Å². The molecule has 110 valence electrons. The Kier molecular flexibility index (Phi) is 5.04. The minimum atomic E-state index is -0.803. The zero-order valence-electron chi connectivity index (χ0n) is 12.2. The molecule has 1 aliphatic heterocycles. The van der Waals surface area contributed by atoms with E-state index in [-0.39, 0.29) is 0 Å². The minimum Gasteiger partial charge on any atom is -0.390 e. The highest BCUT2D eigenvalue weighted by atomic mass is 16.3. The number of hydrogen-bond donors (Lipinski definition) is 2. The molecular formula is C16H24N2O2. The van der Waals surface area contributed by atoms with E-state index in [1.54, 1.807) is 6.92 Å². The van der Waals surface area contributed by atoms with Crippen LogP contribution in [0.4, 0.5) is 5.69 Å². The molecule has 1 heterocycles. The Bertz CT molecular complexity index is 437. The van der Waals surface area contributed by atoms with E-state index in [0.717, 1.165) is 31.9 Å². The molecule has 0 saturated carbocycles. The summed E-state index contributed by atoms with van der Waals surface area (Å²) < 4.78 is 0. The van der Waals surface area contributed by atoms with E-state index < -0.39 is 12.2 Å². The van der Waals surface area contributed by atoms with Crippen molar-refractivity contribution in [1.29, 1.82) is 0 Å². The Labute approximate surface area is 120 Å². The molecule has 2 atom stereocenters. The van der Waals surface area contributed by atoms with Gasteiger partial charge in [-0.05, 0) is 26.0 Å². The van der Waals surface area contributed by atoms with Crippen LogP contribution in [0.2, 0.25) is 0 Å². The number of allylic oxidation sites excluding steroid dienone is 1. The van der Waals surface area contributed by atoms with Gasteiger partial charge in [0.15, 0.2) is 0 Å². The summed E-state index contributed by atoms with van der Waals surface area (Å²) in [5, 5.41) is 19.6. The Balaban J connectivity index is 1.97. The van der Waals surface area contributed by atoms with Crippen LogP contribution < -0.4 is 4.90 Å². The Morgan fingerprint density at radius 3 is 2.20 bits per heavy atom. The van der Waals surface area contributed by atoms with Gasteiger partial charge < -0.3 is 20.0 Å². The monoisotopic (exact) mass is 276 g/mol. The molecule has 0 bridgehead atoms. The third kappa shape index (κ3) is 3.32. The summed E-state index contributed by atoms with van der Waals surface area (Å²) in [4.78, 5) is 4.51. The second-order valence-corrected chi connectivity index (χ2v) is 5.21. The van der Waals surface area contributed by atoms with Crippen LogP contribution in [-0.4, -0.2) is 53.5 Å². The molecule has 1 aliphatic rings. The molecule has 0 aliphatic carbocycles. The molecule has 1 fully saturated rings. The highest BCUT2D eigenvalue weighted by Crippen LogP contribution is 2.19. The lowest BCUT2D eigenvalue weighted by Crippen LogP contribution is -2.48. The van der Waals surface area contributed by atoms with Crippen LogP contribution >= 0.6 is 0 Å². The normalized spacial score (nSPS) is 19.9. The fourth-order valence-corrected chi connectivity index (χ4v) is 2.65. The van der Waals surface area contributed by atoms with Gasteiger partial charge in [0.2, 0.25) is 0 Å². The van der Waals surface area contributed by atoms with Crippen molar-refractivity contribution >= 4 is 5.69 Å². The van der Waals surface area contributed by atoms with E-state index in [1.165, 1.54) is 5.69 Å². The molecule has 4 heteroatoms. The molecule has 0 spiro atoms. The SMILES string of the molecule is C/C=C(/C(O)C(C)O)N1CCN(c2ccccc2)CC1. The van der Waals surface area contributed by atoms with Crippen molar-refractivity contribution in [2.24, 2.45) is 0 Å². The summed E-state index contributed by atoms with van der Waals surface area (Å²) in [6.45, 7) is 7.09. The maximum atomic E-state index is 10.0. The Hall–Kier alpha value is -1.52. The number of aliphatic hydroxyl groups is 2. The van der Waals surface area contributed by atoms with Crippen molar-refractivity contribution in [3.8, 4) is 0 Å². The smallest absolute Gasteiger partial charge is 0.119 e. The molecule has 2 N–H and O–H groups in total. The molecule has 0 aromatic heterocycles. The van der Waals surface area contributed by atoms with Gasteiger partial charge in [-0.1, -0.05) is 24.3 Å². The summed E-state index contributed by atoms with van der Waals surface area (Å²) in [5.41, 5.74) is 2.07. The fraction of sp³-hybridized carbons (Fsp3) is 0.500. The van der Waals surface area contributed by atoms with E-state index in [2.05, 4.69) is 34.1 Å². The average Bonchev–Trinajstić information content (AvgIpc) is 2.49. The molecule has 20 heavy (non-hydrogen) atoms. The predicted molar refractivity (Wildman–Crippen MR) is 81.7 cm³/mol. The van der Waals surface area contributed by atoms with E-state index in [4.69, 9.17) is 0 Å². The molecule has 0 radical (unpaired) electrons. The van der Waals surface area contributed by atoms with Crippen molar-refractivity contribution in [3.63, 3.8) is 0 Å². The number of nitrogens with zero attached hydrogens (tertiary/aromatic N) is 2. The van der Waals surface area contributed by atoms with Crippen molar-refractivity contribution in [1.82, 2.24) is 4.90 Å². The van der Waals surface area contributed by atoms with Gasteiger partial charge in [-0.15, -0.1) is 0 Å². The molecular weight excluding hydrogens is 252 g/mol. The lowest BCUT2D eigenvalue weighted by atomic mass is 10.1. The van der Waals surface area contributed by atoms with Crippen LogP contribution in [0.15, 0.2) is 42.1 Å². The van der Waals surface area contributed by atoms with Gasteiger partial charge in [0.1, 0.15) is 6.10 Å². The molecule has 1 saturated heterocycles. The van der Waals surface area contributed by atoms with Crippen LogP contribution in [0.3, 0.4) is 0 Å². The van der Waals surface area contributed by atoms with E-state index in [1.807, 2.05) is 19.1 Å². The summed E-state index contributed by atoms with van der Waals surface area (Å²) >= 11 is 0. The number of anilines is 1. The van der Waals surface area contributed by atoms with Gasteiger partial charge in [0.05, 0.1) is 6.10 Å². The van der Waals surface area contributed by atoms with Crippen LogP contribution in [0, 0.1) is 0 Å². The van der Waals surface area contributed by atoms with Crippen LogP contribution in [0.5, 0.6) is 0 Å². The minimum absolute atomic E-state index is 0.742. The van der Waals surface area contributed by atoms with Gasteiger partial charge in [-0.25, -0.2) is 0 Å². The Morgan fingerprint density at radius 2 is 1.70 bits per heavy atom. The van der Waals surface area contributed by atoms with Crippen molar-refractivity contribution in [2.75, 3.05) is 31.1 Å². The molecule has 1 aromatic carbocycles. The lowest BCUT2D eigenvalue weighted by molar-refractivity contribution is 0.0349. The highest BCUT2D eigenvalue weighted by molar-refractivity contribution is 5.46. The van der Waals surface area contributed by atoms with Gasteiger partial charge in [0, 0.05) is 37.6 Å². The van der Waals surface area contributed by atoms with Crippen molar-refractivity contribution in [2.45, 2.75) is 26.1 Å². The third-order valence-electron chi connectivity index (χ3n) is 3.82. The molecule has 2 unspecified atom stereocenters. The van der Waals surface area contributed by atoms with E-state index in [0.29, 0.717) is 0 Å². The number of hydrogen-bond acceptors (Lipinski definition) is 4. The number of benzene rings is 1. The largest absolute Gasteiger partial charge is 0.390 e. The van der Waals surface area contributed by atoms with Gasteiger partial charge in [-0.3, -0.25) is 0 Å². The number of aliphatic hydroxyl groups excluding tert-OH is 2. The topological polar surface area (TPSA) is 46.9 Å². The first-order valence-corrected chi connectivity index (χ1v) is 7.20. The first kappa shape index (κ1) is 14.9. The number of piperazine rings is 1. The predicted octanol–water partition coefficient (Wildman–Crippen LogP) is 1.45. The summed E-state index contributed by atoms with van der Waals surface area (Å²) in [6, 6.07) is 10.4. The fourth-order valence-electron chi connectivity index (χ4n) is 2.65. The molecule has 1 aromatic rings. The zero-order chi connectivity index (χ0) is 14.5. The number of para-hydroxylation sites is 1. The molecule has 4 nitrogen and oxygen atoms in total. The zero-order valence-corrected chi connectivity index (χ0v) is 12.2. The summed E-state index contributed by atoms with van der Waals surface area (Å²) in [7, 11) is 0. The maximum absolute atomic E-state index is 10.0. The number of rotatable bonds is 4. The maximum Gasteiger partial charge on any atom is 0.119 e. The summed E-state index contributed by atoms with van der Waals surface area (Å²) in [5.74, 6) is 0. The second-order valence-electron chi connectivity index (χ2n) is 5.21. The van der Waals surface area contributed by atoms with Crippen LogP contribution in [-0.2, 0) is 0 Å². The van der Waals surface area contributed by atoms with Crippen molar-refractivity contribution < 1.29 is 10.2 Å². The van der Waals surface area contributed by atoms with Gasteiger partial charge in [0.25, 0.3) is 0 Å². The molecule has 2 rings (SSSR count). The van der Waals surface area contributed by atoms with Crippen LogP contribution in [0.1, 0.15) is 13.8 Å². The van der Waals surface area contributed by atoms with Crippen LogP contribution in [0.25, 0.3) is 0 Å². The lowest BCUT2D eigenvalue weighted by Gasteiger charge is -2.40. The van der Waals surface area contributed by atoms with Gasteiger partial charge in [-0.2, -0.15) is 0 Å². The quantitative estimate of drug-likeness (QED) is 0.874. The second kappa shape index (κ2) is 6.77. The third-order valence-corrected chi connectivity index (χ3v) is 3.82. The van der Waals surface area contributed by atoms with Gasteiger partial charge >= 0.3 is 0 Å². The van der Waals surface area contributed by atoms with Crippen molar-refractivity contribution in [3.05, 3.63) is 42.1 Å². The first-order chi connectivity index (χ1) is 9.63. The highest BCUT2D eigenvalue weighted by Gasteiger charge is 2.24. The standard InChI is InChI=1S/C16H24N2O2/c1-3-15(16(20)13(2)19)18-11-9-17(10-12-18)14-7-5-4-6-8-14/h3-8,13,16,19-20H,9-12H2,1-2H3/b15-3-. The average molecular weight is 276 g/mol. The summed E-state index contributed by atoms with van der Waals surface area (Å²) in [6.07, 6.45) is 0.354.